The van der Waals surface area contributed by atoms with E-state index in [1.807, 2.05) is 12.1 Å². The molecule has 19 heavy (non-hydrogen) atoms. The van der Waals surface area contributed by atoms with Gasteiger partial charge in [-0.15, -0.1) is 5.10 Å². The number of ether oxygens (including phenoxy) is 1. The van der Waals surface area contributed by atoms with Gasteiger partial charge in [0.05, 0.1) is 24.4 Å². The SMILES string of the molecule is CCCNCc1nnnn1-c1ccc(Cl)c(OC)c1. The third kappa shape index (κ3) is 3.21. The lowest BCUT2D eigenvalue weighted by Gasteiger charge is -2.08. The predicted molar refractivity (Wildman–Crippen MR) is 72.7 cm³/mol. The van der Waals surface area contributed by atoms with Crippen LogP contribution in [0.15, 0.2) is 18.2 Å². The van der Waals surface area contributed by atoms with Gasteiger partial charge in [0.15, 0.2) is 5.82 Å². The zero-order valence-electron chi connectivity index (χ0n) is 10.9. The average Bonchev–Trinajstić information content (AvgIpc) is 2.88. The van der Waals surface area contributed by atoms with Crippen LogP contribution >= 0.6 is 11.6 Å². The molecule has 0 aliphatic rings. The number of rotatable bonds is 6. The highest BCUT2D eigenvalue weighted by Crippen LogP contribution is 2.26. The second kappa shape index (κ2) is 6.49. The summed E-state index contributed by atoms with van der Waals surface area (Å²) in [6, 6.07) is 5.42. The summed E-state index contributed by atoms with van der Waals surface area (Å²) in [7, 11) is 1.58. The zero-order chi connectivity index (χ0) is 13.7. The quantitative estimate of drug-likeness (QED) is 0.818. The first-order chi connectivity index (χ1) is 9.26. The Kier molecular flexibility index (Phi) is 4.70. The maximum Gasteiger partial charge on any atom is 0.170 e. The maximum absolute atomic E-state index is 6.00. The summed E-state index contributed by atoms with van der Waals surface area (Å²) in [6.45, 7) is 3.66. The van der Waals surface area contributed by atoms with Gasteiger partial charge in [-0.3, -0.25) is 0 Å². The summed E-state index contributed by atoms with van der Waals surface area (Å²) in [4.78, 5) is 0. The molecule has 7 heteroatoms. The maximum atomic E-state index is 6.00. The summed E-state index contributed by atoms with van der Waals surface area (Å²) >= 11 is 6.00. The number of hydrogen-bond acceptors (Lipinski definition) is 5. The van der Waals surface area contributed by atoms with Crippen LogP contribution in [-0.4, -0.2) is 33.9 Å². The fraction of sp³-hybridized carbons (Fsp3) is 0.417. The Bertz CT molecular complexity index is 543. The number of hydrogen-bond donors (Lipinski definition) is 1. The van der Waals surface area contributed by atoms with E-state index in [1.165, 1.54) is 0 Å². The van der Waals surface area contributed by atoms with Crippen LogP contribution in [0, 0.1) is 0 Å². The lowest BCUT2D eigenvalue weighted by molar-refractivity contribution is 0.414. The number of aromatic nitrogens is 4. The molecule has 0 atom stereocenters. The van der Waals surface area contributed by atoms with Gasteiger partial charge in [-0.2, -0.15) is 4.68 Å². The first-order valence-electron chi connectivity index (χ1n) is 6.08. The molecule has 0 bridgehead atoms. The minimum absolute atomic E-state index is 0.560. The molecule has 0 saturated carbocycles. The van der Waals surface area contributed by atoms with Gasteiger partial charge in [-0.25, -0.2) is 0 Å². The van der Waals surface area contributed by atoms with Crippen molar-refractivity contribution in [2.75, 3.05) is 13.7 Å². The van der Waals surface area contributed by atoms with Gasteiger partial charge in [0.25, 0.3) is 0 Å². The molecule has 102 valence electrons. The topological polar surface area (TPSA) is 64.9 Å². The molecule has 1 aromatic carbocycles. The molecule has 2 rings (SSSR count). The first kappa shape index (κ1) is 13.8. The largest absolute Gasteiger partial charge is 0.495 e. The molecule has 0 aliphatic carbocycles. The highest BCUT2D eigenvalue weighted by atomic mass is 35.5. The first-order valence-corrected chi connectivity index (χ1v) is 6.46. The van der Waals surface area contributed by atoms with Gasteiger partial charge in [-0.1, -0.05) is 18.5 Å². The van der Waals surface area contributed by atoms with Gasteiger partial charge in [0.2, 0.25) is 0 Å². The summed E-state index contributed by atoms with van der Waals surface area (Å²) in [5.74, 6) is 1.35. The highest BCUT2D eigenvalue weighted by Gasteiger charge is 2.10. The van der Waals surface area contributed by atoms with Crippen molar-refractivity contribution in [2.24, 2.45) is 0 Å². The number of nitrogens with one attached hydrogen (secondary N) is 1. The van der Waals surface area contributed by atoms with Gasteiger partial charge >= 0.3 is 0 Å². The van der Waals surface area contributed by atoms with E-state index in [0.717, 1.165) is 24.5 Å². The fourth-order valence-corrected chi connectivity index (χ4v) is 1.87. The van der Waals surface area contributed by atoms with E-state index in [2.05, 4.69) is 27.8 Å². The Morgan fingerprint density at radius 1 is 1.42 bits per heavy atom. The summed E-state index contributed by atoms with van der Waals surface area (Å²) < 4.78 is 6.86. The van der Waals surface area contributed by atoms with E-state index in [4.69, 9.17) is 16.3 Å². The van der Waals surface area contributed by atoms with Crippen LogP contribution in [0.3, 0.4) is 0 Å². The van der Waals surface area contributed by atoms with E-state index in [0.29, 0.717) is 17.3 Å². The minimum Gasteiger partial charge on any atom is -0.495 e. The number of benzene rings is 1. The van der Waals surface area contributed by atoms with E-state index < -0.39 is 0 Å². The van der Waals surface area contributed by atoms with Crippen LogP contribution in [-0.2, 0) is 6.54 Å². The second-order valence-electron chi connectivity index (χ2n) is 4.00. The molecule has 0 radical (unpaired) electrons. The molecule has 0 aliphatic heterocycles. The van der Waals surface area contributed by atoms with Gasteiger partial charge in [0, 0.05) is 6.07 Å². The van der Waals surface area contributed by atoms with Crippen LogP contribution in [0.25, 0.3) is 5.69 Å². The molecule has 0 unspecified atom stereocenters. The molecule has 6 nitrogen and oxygen atoms in total. The molecule has 2 aromatic rings. The molecule has 1 heterocycles. The number of tetrazole rings is 1. The third-order valence-electron chi connectivity index (χ3n) is 2.62. The highest BCUT2D eigenvalue weighted by molar-refractivity contribution is 6.32. The van der Waals surface area contributed by atoms with Gasteiger partial charge < -0.3 is 10.1 Å². The standard InChI is InChI=1S/C12H16ClN5O/c1-3-6-14-8-12-15-16-17-18(12)9-4-5-10(13)11(7-9)19-2/h4-5,7,14H,3,6,8H2,1-2H3. The van der Waals surface area contributed by atoms with Gasteiger partial charge in [-0.05, 0) is 35.5 Å². The minimum atomic E-state index is 0.560. The average molecular weight is 282 g/mol. The third-order valence-corrected chi connectivity index (χ3v) is 2.94. The van der Waals surface area contributed by atoms with Crippen LogP contribution in [0.1, 0.15) is 19.2 Å². The van der Waals surface area contributed by atoms with Crippen molar-refractivity contribution >= 4 is 11.6 Å². The molecule has 0 amide bonds. The smallest absolute Gasteiger partial charge is 0.170 e. The molecular formula is C12H16ClN5O. The van der Waals surface area contributed by atoms with Crippen LogP contribution in [0.5, 0.6) is 5.75 Å². The van der Waals surface area contributed by atoms with Crippen LogP contribution < -0.4 is 10.1 Å². The number of nitrogens with zero attached hydrogens (tertiary/aromatic N) is 4. The Labute approximate surface area is 116 Å². The van der Waals surface area contributed by atoms with Crippen molar-refractivity contribution < 1.29 is 4.74 Å². The normalized spacial score (nSPS) is 10.7. The van der Waals surface area contributed by atoms with Crippen molar-refractivity contribution in [1.29, 1.82) is 0 Å². The monoisotopic (exact) mass is 281 g/mol. The second-order valence-corrected chi connectivity index (χ2v) is 4.41. The number of halogens is 1. The van der Waals surface area contributed by atoms with Crippen LogP contribution in [0.2, 0.25) is 5.02 Å². The van der Waals surface area contributed by atoms with Crippen LogP contribution in [0.4, 0.5) is 0 Å². The summed E-state index contributed by atoms with van der Waals surface area (Å²) in [6.07, 6.45) is 1.07. The number of methoxy groups -OCH3 is 1. The molecule has 0 spiro atoms. The van der Waals surface area contributed by atoms with Crippen molar-refractivity contribution in [3.8, 4) is 11.4 Å². The fourth-order valence-electron chi connectivity index (χ4n) is 1.67. The Morgan fingerprint density at radius 3 is 3.00 bits per heavy atom. The van der Waals surface area contributed by atoms with Crippen molar-refractivity contribution in [3.05, 3.63) is 29.0 Å². The lowest BCUT2D eigenvalue weighted by Crippen LogP contribution is -2.17. The van der Waals surface area contributed by atoms with Crippen molar-refractivity contribution in [2.45, 2.75) is 19.9 Å². The van der Waals surface area contributed by atoms with Crippen molar-refractivity contribution in [1.82, 2.24) is 25.5 Å². The van der Waals surface area contributed by atoms with E-state index in [1.54, 1.807) is 17.9 Å². The Balaban J connectivity index is 2.24. The van der Waals surface area contributed by atoms with E-state index in [9.17, 15) is 0 Å². The zero-order valence-corrected chi connectivity index (χ0v) is 11.7. The van der Waals surface area contributed by atoms with E-state index >= 15 is 0 Å². The lowest BCUT2D eigenvalue weighted by atomic mass is 10.3. The Morgan fingerprint density at radius 2 is 2.26 bits per heavy atom. The van der Waals surface area contributed by atoms with E-state index in [-0.39, 0.29) is 0 Å². The Hall–Kier alpha value is -1.66. The summed E-state index contributed by atoms with van der Waals surface area (Å²) in [5.41, 5.74) is 0.819. The van der Waals surface area contributed by atoms with Gasteiger partial charge in [0.1, 0.15) is 5.75 Å². The molecule has 1 aromatic heterocycles. The van der Waals surface area contributed by atoms with Crippen molar-refractivity contribution in [3.63, 3.8) is 0 Å². The predicted octanol–water partition coefficient (Wildman–Crippen LogP) is 1.82. The summed E-state index contributed by atoms with van der Waals surface area (Å²) in [5, 5.41) is 15.5. The molecule has 1 N–H and O–H groups in total. The molecule has 0 saturated heterocycles. The molecular weight excluding hydrogens is 266 g/mol. The molecule has 0 fully saturated rings.